The lowest BCUT2D eigenvalue weighted by Gasteiger charge is -2.19. The van der Waals surface area contributed by atoms with Gasteiger partial charge in [-0.15, -0.1) is 0 Å². The smallest absolute Gasteiger partial charge is 0.234 e. The van der Waals surface area contributed by atoms with E-state index in [0.29, 0.717) is 11.1 Å². The lowest BCUT2D eigenvalue weighted by atomic mass is 9.85. The second-order valence-corrected chi connectivity index (χ2v) is 4.60. The second kappa shape index (κ2) is 4.82. The Morgan fingerprint density at radius 1 is 1.21 bits per heavy atom. The molecule has 1 atom stereocenters. The number of ketones is 2. The molecule has 0 saturated carbocycles. The van der Waals surface area contributed by atoms with Crippen LogP contribution >= 0.6 is 0 Å². The van der Waals surface area contributed by atoms with E-state index in [1.54, 1.807) is 25.1 Å². The first-order chi connectivity index (χ1) is 8.93. The van der Waals surface area contributed by atoms with E-state index in [1.807, 2.05) is 0 Å². The van der Waals surface area contributed by atoms with Gasteiger partial charge in [-0.25, -0.2) is 0 Å². The molecule has 1 aliphatic carbocycles. The van der Waals surface area contributed by atoms with Crippen LogP contribution in [0.15, 0.2) is 42.0 Å². The lowest BCUT2D eigenvalue weighted by Crippen LogP contribution is -2.26. The van der Waals surface area contributed by atoms with Gasteiger partial charge in [0.05, 0.1) is 6.10 Å². The molecule has 2 rings (SSSR count). The summed E-state index contributed by atoms with van der Waals surface area (Å²) >= 11 is 0. The number of rotatable bonds is 3. The summed E-state index contributed by atoms with van der Waals surface area (Å²) in [6, 6.07) is 6.37. The zero-order chi connectivity index (χ0) is 14.2. The summed E-state index contributed by atoms with van der Waals surface area (Å²) in [6.07, 6.45) is -1.07. The fraction of sp³-hybridized carbons (Fsp3) is 0.200. The first kappa shape index (κ1) is 13.2. The minimum Gasteiger partial charge on any atom is -0.507 e. The number of hydrogen-bond donors (Lipinski definition) is 2. The fourth-order valence-electron chi connectivity index (χ4n) is 1.97. The van der Waals surface area contributed by atoms with E-state index < -0.39 is 17.7 Å². The summed E-state index contributed by atoms with van der Waals surface area (Å²) in [5.74, 6) is -1.66. The number of carbonyl (C=O) groups excluding carboxylic acids is 2. The topological polar surface area (TPSA) is 74.6 Å². The highest BCUT2D eigenvalue weighted by Crippen LogP contribution is 2.30. The van der Waals surface area contributed by atoms with Gasteiger partial charge in [-0.1, -0.05) is 36.4 Å². The molecular weight excluding hydrogens is 244 g/mol. The number of Topliss-reactive ketones (excluding diaryl/α,β-unsaturated/α-hetero) is 2. The Balaban J connectivity index is 2.51. The second-order valence-electron chi connectivity index (χ2n) is 4.60. The molecular formula is C15H14O4. The number of carbonyl (C=O) groups is 2. The SMILES string of the molecule is C=C(C)[C@H](O)CC1=C(O)c2ccccc2C(=O)C1=O. The van der Waals surface area contributed by atoms with E-state index in [4.69, 9.17) is 0 Å². The van der Waals surface area contributed by atoms with Gasteiger partial charge in [-0.3, -0.25) is 9.59 Å². The monoisotopic (exact) mass is 258 g/mol. The van der Waals surface area contributed by atoms with Gasteiger partial charge >= 0.3 is 0 Å². The minimum absolute atomic E-state index is 0.0563. The number of hydrogen-bond acceptors (Lipinski definition) is 4. The van der Waals surface area contributed by atoms with Crippen LogP contribution < -0.4 is 0 Å². The number of fused-ring (bicyclic) bond motifs is 1. The van der Waals surface area contributed by atoms with Crippen LogP contribution in [0.1, 0.15) is 29.3 Å². The van der Waals surface area contributed by atoms with E-state index >= 15 is 0 Å². The van der Waals surface area contributed by atoms with Crippen molar-refractivity contribution in [1.29, 1.82) is 0 Å². The van der Waals surface area contributed by atoms with Crippen LogP contribution in [-0.4, -0.2) is 27.9 Å². The number of benzene rings is 1. The highest BCUT2D eigenvalue weighted by atomic mass is 16.3. The molecule has 1 aromatic rings. The van der Waals surface area contributed by atoms with Gasteiger partial charge in [0, 0.05) is 23.1 Å². The standard InChI is InChI=1S/C15H14O4/c1-8(2)12(16)7-11-13(17)9-5-3-4-6-10(9)14(18)15(11)19/h3-6,12,16-17H,1,7H2,2H3/t12-/m1/s1. The molecule has 4 nitrogen and oxygen atoms in total. The van der Waals surface area contributed by atoms with Gasteiger partial charge in [0.15, 0.2) is 0 Å². The summed E-state index contributed by atoms with van der Waals surface area (Å²) in [7, 11) is 0. The third-order valence-corrected chi connectivity index (χ3v) is 3.16. The van der Waals surface area contributed by atoms with Gasteiger partial charge in [0.25, 0.3) is 0 Å². The van der Waals surface area contributed by atoms with Crippen LogP contribution in [-0.2, 0) is 4.79 Å². The van der Waals surface area contributed by atoms with Crippen LogP contribution in [0.3, 0.4) is 0 Å². The lowest BCUT2D eigenvalue weighted by molar-refractivity contribution is -0.112. The Morgan fingerprint density at radius 3 is 2.37 bits per heavy atom. The molecule has 2 N–H and O–H groups in total. The Hall–Kier alpha value is -2.20. The summed E-state index contributed by atoms with van der Waals surface area (Å²) in [4.78, 5) is 23.9. The Labute approximate surface area is 110 Å². The van der Waals surface area contributed by atoms with Crippen LogP contribution in [0.2, 0.25) is 0 Å². The molecule has 1 aliphatic rings. The molecule has 19 heavy (non-hydrogen) atoms. The van der Waals surface area contributed by atoms with E-state index in [1.165, 1.54) is 6.07 Å². The minimum atomic E-state index is -0.959. The highest BCUT2D eigenvalue weighted by Gasteiger charge is 2.33. The Morgan fingerprint density at radius 2 is 1.79 bits per heavy atom. The summed E-state index contributed by atoms with van der Waals surface area (Å²) < 4.78 is 0. The first-order valence-electron chi connectivity index (χ1n) is 5.87. The van der Waals surface area contributed by atoms with Crippen LogP contribution in [0.4, 0.5) is 0 Å². The van der Waals surface area contributed by atoms with Crippen molar-refractivity contribution in [3.8, 4) is 0 Å². The highest BCUT2D eigenvalue weighted by molar-refractivity contribution is 6.52. The van der Waals surface area contributed by atoms with Crippen molar-refractivity contribution in [3.63, 3.8) is 0 Å². The molecule has 98 valence electrons. The maximum atomic E-state index is 11.9. The van der Waals surface area contributed by atoms with Crippen molar-refractivity contribution in [2.24, 2.45) is 0 Å². The molecule has 0 aliphatic heterocycles. The average Bonchev–Trinajstić information content (AvgIpc) is 2.40. The Kier molecular flexibility index (Phi) is 3.36. The van der Waals surface area contributed by atoms with Crippen molar-refractivity contribution in [2.75, 3.05) is 0 Å². The molecule has 1 aromatic carbocycles. The fourth-order valence-corrected chi connectivity index (χ4v) is 1.97. The Bertz CT molecular complexity index is 610. The predicted molar refractivity (Wildman–Crippen MR) is 70.8 cm³/mol. The molecule has 0 saturated heterocycles. The molecule has 0 radical (unpaired) electrons. The van der Waals surface area contributed by atoms with Gasteiger partial charge in [0.1, 0.15) is 5.76 Å². The van der Waals surface area contributed by atoms with E-state index in [-0.39, 0.29) is 23.3 Å². The maximum Gasteiger partial charge on any atom is 0.234 e. The third-order valence-electron chi connectivity index (χ3n) is 3.16. The van der Waals surface area contributed by atoms with Gasteiger partial charge in [-0.2, -0.15) is 0 Å². The van der Waals surface area contributed by atoms with Crippen LogP contribution in [0.5, 0.6) is 0 Å². The molecule has 0 spiro atoms. The zero-order valence-electron chi connectivity index (χ0n) is 10.5. The average molecular weight is 258 g/mol. The molecule has 0 heterocycles. The van der Waals surface area contributed by atoms with Crippen molar-refractivity contribution >= 4 is 17.3 Å². The number of aliphatic hydroxyl groups is 2. The molecule has 4 heteroatoms. The molecule has 0 bridgehead atoms. The van der Waals surface area contributed by atoms with Crippen LogP contribution in [0, 0.1) is 0 Å². The molecule has 0 unspecified atom stereocenters. The third kappa shape index (κ3) is 2.22. The van der Waals surface area contributed by atoms with Crippen molar-refractivity contribution in [2.45, 2.75) is 19.4 Å². The molecule has 0 amide bonds. The van der Waals surface area contributed by atoms with E-state index in [2.05, 4.69) is 6.58 Å². The van der Waals surface area contributed by atoms with Gasteiger partial charge in [0.2, 0.25) is 11.6 Å². The van der Waals surface area contributed by atoms with Crippen molar-refractivity contribution in [1.82, 2.24) is 0 Å². The summed E-state index contributed by atoms with van der Waals surface area (Å²) in [6.45, 7) is 5.20. The first-order valence-corrected chi connectivity index (χ1v) is 5.87. The largest absolute Gasteiger partial charge is 0.507 e. The summed E-state index contributed by atoms with van der Waals surface area (Å²) in [5.41, 5.74) is 0.938. The molecule has 0 aromatic heterocycles. The van der Waals surface area contributed by atoms with Gasteiger partial charge < -0.3 is 10.2 Å². The predicted octanol–water partition coefficient (Wildman–Crippen LogP) is 2.05. The van der Waals surface area contributed by atoms with Gasteiger partial charge in [-0.05, 0) is 6.92 Å². The molecule has 0 fully saturated rings. The quantitative estimate of drug-likeness (QED) is 0.642. The number of aliphatic hydroxyl groups excluding tert-OH is 2. The summed E-state index contributed by atoms with van der Waals surface area (Å²) in [5, 5.41) is 19.8. The normalized spacial score (nSPS) is 16.3. The van der Waals surface area contributed by atoms with E-state index in [9.17, 15) is 19.8 Å². The van der Waals surface area contributed by atoms with Crippen molar-refractivity contribution < 1.29 is 19.8 Å². The maximum absolute atomic E-state index is 11.9. The van der Waals surface area contributed by atoms with Crippen molar-refractivity contribution in [3.05, 3.63) is 53.1 Å². The van der Waals surface area contributed by atoms with E-state index in [0.717, 1.165) is 0 Å². The zero-order valence-corrected chi connectivity index (χ0v) is 10.5. The van der Waals surface area contributed by atoms with Crippen LogP contribution in [0.25, 0.3) is 5.76 Å².